The molecule has 0 spiro atoms. The first-order valence-electron chi connectivity index (χ1n) is 6.47. The van der Waals surface area contributed by atoms with Crippen molar-refractivity contribution in [1.29, 1.82) is 0 Å². The van der Waals surface area contributed by atoms with Gasteiger partial charge in [-0.15, -0.1) is 0 Å². The molecule has 3 N–H and O–H groups in total. The Balaban J connectivity index is 2.46. The summed E-state index contributed by atoms with van der Waals surface area (Å²) >= 11 is 0. The molecule has 2 rings (SSSR count). The highest BCUT2D eigenvalue weighted by Gasteiger charge is 2.40. The first kappa shape index (κ1) is 13.8. The van der Waals surface area contributed by atoms with Crippen molar-refractivity contribution in [3.8, 4) is 0 Å². The van der Waals surface area contributed by atoms with Gasteiger partial charge in [-0.2, -0.15) is 0 Å². The Morgan fingerprint density at radius 2 is 2.21 bits per heavy atom. The summed E-state index contributed by atoms with van der Waals surface area (Å²) in [5, 5.41) is 10.3. The van der Waals surface area contributed by atoms with Gasteiger partial charge in [-0.25, -0.2) is 4.98 Å². The van der Waals surface area contributed by atoms with Crippen LogP contribution >= 0.6 is 0 Å². The number of aliphatic hydroxyl groups is 1. The molecule has 1 aliphatic rings. The van der Waals surface area contributed by atoms with Crippen LogP contribution in [0, 0.1) is 19.8 Å². The van der Waals surface area contributed by atoms with Gasteiger partial charge >= 0.3 is 0 Å². The van der Waals surface area contributed by atoms with Crippen molar-refractivity contribution >= 4 is 11.7 Å². The minimum Gasteiger partial charge on any atom is -0.388 e. The second kappa shape index (κ2) is 4.49. The molecule has 1 aromatic heterocycles. The van der Waals surface area contributed by atoms with Crippen molar-refractivity contribution in [1.82, 2.24) is 4.98 Å². The summed E-state index contributed by atoms with van der Waals surface area (Å²) < 4.78 is 0. The van der Waals surface area contributed by atoms with Crippen molar-refractivity contribution < 1.29 is 9.90 Å². The Labute approximate surface area is 113 Å². The normalized spacial score (nSPS) is 26.8. The van der Waals surface area contributed by atoms with Gasteiger partial charge < -0.3 is 15.7 Å². The molecule has 0 saturated carbocycles. The molecule has 0 aliphatic carbocycles. The number of carbonyl (C=O) groups is 1. The number of aromatic nitrogens is 1. The first-order valence-corrected chi connectivity index (χ1v) is 6.47. The molecular weight excluding hydrogens is 242 g/mol. The fourth-order valence-electron chi connectivity index (χ4n) is 2.41. The van der Waals surface area contributed by atoms with Gasteiger partial charge in [0.15, 0.2) is 0 Å². The number of primary amides is 1. The first-order chi connectivity index (χ1) is 8.72. The predicted molar refractivity (Wildman–Crippen MR) is 74.2 cm³/mol. The van der Waals surface area contributed by atoms with Gasteiger partial charge in [0.2, 0.25) is 0 Å². The molecule has 2 heterocycles. The fourth-order valence-corrected chi connectivity index (χ4v) is 2.41. The molecule has 104 valence electrons. The lowest BCUT2D eigenvalue weighted by molar-refractivity contribution is 0.0443. The molecule has 5 nitrogen and oxygen atoms in total. The molecule has 0 unspecified atom stereocenters. The Morgan fingerprint density at radius 3 is 2.68 bits per heavy atom. The number of amides is 1. The molecule has 0 bridgehead atoms. The number of nitrogens with zero attached hydrogens (tertiary/aromatic N) is 2. The maximum absolute atomic E-state index is 11.6. The number of anilines is 1. The van der Waals surface area contributed by atoms with Crippen LogP contribution in [0.1, 0.15) is 35.5 Å². The third-order valence-corrected chi connectivity index (χ3v) is 4.08. The monoisotopic (exact) mass is 263 g/mol. The minimum absolute atomic E-state index is 0.122. The molecule has 1 saturated heterocycles. The number of hydrogen-bond acceptors (Lipinski definition) is 4. The summed E-state index contributed by atoms with van der Waals surface area (Å²) in [6.45, 7) is 8.74. The Morgan fingerprint density at radius 1 is 1.58 bits per heavy atom. The maximum atomic E-state index is 11.6. The van der Waals surface area contributed by atoms with Crippen molar-refractivity contribution in [2.75, 3.05) is 18.0 Å². The van der Waals surface area contributed by atoms with Gasteiger partial charge in [-0.05, 0) is 32.4 Å². The van der Waals surface area contributed by atoms with Gasteiger partial charge in [0.05, 0.1) is 11.2 Å². The zero-order valence-electron chi connectivity index (χ0n) is 11.9. The second-order valence-electron chi connectivity index (χ2n) is 5.76. The average Bonchev–Trinajstić information content (AvgIpc) is 2.56. The molecular formula is C14H21N3O2. The maximum Gasteiger partial charge on any atom is 0.252 e. The largest absolute Gasteiger partial charge is 0.388 e. The van der Waals surface area contributed by atoms with Crippen molar-refractivity contribution in [2.45, 2.75) is 33.3 Å². The van der Waals surface area contributed by atoms with Gasteiger partial charge in [-0.1, -0.05) is 6.92 Å². The average molecular weight is 263 g/mol. The molecule has 19 heavy (non-hydrogen) atoms. The number of rotatable bonds is 2. The molecule has 1 aliphatic heterocycles. The number of nitrogens with two attached hydrogens (primary N) is 1. The van der Waals surface area contributed by atoms with E-state index in [2.05, 4.69) is 4.98 Å². The summed E-state index contributed by atoms with van der Waals surface area (Å²) in [5.41, 5.74) is 6.91. The highest BCUT2D eigenvalue weighted by Crippen LogP contribution is 2.32. The molecule has 0 radical (unpaired) electrons. The zero-order chi connectivity index (χ0) is 14.4. The van der Waals surface area contributed by atoms with E-state index in [0.717, 1.165) is 11.3 Å². The number of pyridine rings is 1. The fraction of sp³-hybridized carbons (Fsp3) is 0.571. The molecule has 5 heteroatoms. The number of carbonyl (C=O) groups excluding carboxylic acids is 1. The zero-order valence-corrected chi connectivity index (χ0v) is 11.9. The number of β-amino-alcohol motifs (C(OH)–C–C–N with tert-alkyl or cyclic N) is 1. The van der Waals surface area contributed by atoms with E-state index in [-0.39, 0.29) is 5.92 Å². The Bertz CT molecular complexity index is 526. The van der Waals surface area contributed by atoms with Crippen LogP contribution in [0.3, 0.4) is 0 Å². The Hall–Kier alpha value is -1.62. The number of hydrogen-bond donors (Lipinski definition) is 2. The molecule has 1 aromatic rings. The van der Waals surface area contributed by atoms with Gasteiger partial charge in [0.25, 0.3) is 5.91 Å². The molecule has 0 aromatic carbocycles. The minimum atomic E-state index is -0.768. The van der Waals surface area contributed by atoms with E-state index in [1.807, 2.05) is 32.6 Å². The highest BCUT2D eigenvalue weighted by atomic mass is 16.3. The third-order valence-electron chi connectivity index (χ3n) is 4.08. The SMILES string of the molecule is Cc1cc(C(N)=O)c(N2C[C@@H](C)[C@@](C)(O)C2)nc1C. The highest BCUT2D eigenvalue weighted by molar-refractivity contribution is 5.98. The van der Waals surface area contributed by atoms with Crippen molar-refractivity contribution in [3.63, 3.8) is 0 Å². The lowest BCUT2D eigenvalue weighted by atomic mass is 9.95. The summed E-state index contributed by atoms with van der Waals surface area (Å²) in [4.78, 5) is 18.0. The van der Waals surface area contributed by atoms with Crippen LogP contribution in [-0.2, 0) is 0 Å². The van der Waals surface area contributed by atoms with E-state index in [1.54, 1.807) is 6.07 Å². The van der Waals surface area contributed by atoms with Crippen LogP contribution in [0.15, 0.2) is 6.07 Å². The van der Waals surface area contributed by atoms with Crippen LogP contribution < -0.4 is 10.6 Å². The van der Waals surface area contributed by atoms with E-state index in [1.165, 1.54) is 0 Å². The van der Waals surface area contributed by atoms with E-state index in [4.69, 9.17) is 5.73 Å². The summed E-state index contributed by atoms with van der Waals surface area (Å²) in [6.07, 6.45) is 0. The van der Waals surface area contributed by atoms with Crippen LogP contribution in [0.4, 0.5) is 5.82 Å². The second-order valence-corrected chi connectivity index (χ2v) is 5.76. The topological polar surface area (TPSA) is 79.5 Å². The molecule has 1 fully saturated rings. The lowest BCUT2D eigenvalue weighted by Crippen LogP contribution is -2.34. The Kier molecular flexibility index (Phi) is 3.26. The quantitative estimate of drug-likeness (QED) is 0.834. The van der Waals surface area contributed by atoms with Crippen LogP contribution in [0.2, 0.25) is 0 Å². The van der Waals surface area contributed by atoms with E-state index >= 15 is 0 Å². The van der Waals surface area contributed by atoms with Crippen LogP contribution in [-0.4, -0.2) is 34.7 Å². The third kappa shape index (κ3) is 2.42. The smallest absolute Gasteiger partial charge is 0.252 e. The standard InChI is InChI=1S/C14H21N3O2/c1-8-5-11(12(15)18)13(16-10(8)3)17-6-9(2)14(4,19)7-17/h5,9,19H,6-7H2,1-4H3,(H2,15,18)/t9-,14+/m1/s1. The van der Waals surface area contributed by atoms with Gasteiger partial charge in [-0.3, -0.25) is 4.79 Å². The van der Waals surface area contributed by atoms with Crippen LogP contribution in [0.5, 0.6) is 0 Å². The predicted octanol–water partition coefficient (Wildman–Crippen LogP) is 1.00. The molecule has 1 amide bonds. The van der Waals surface area contributed by atoms with Crippen molar-refractivity contribution in [3.05, 3.63) is 22.9 Å². The number of aryl methyl sites for hydroxylation is 2. The molecule has 2 atom stereocenters. The van der Waals surface area contributed by atoms with Gasteiger partial charge in [0, 0.05) is 24.7 Å². The summed E-state index contributed by atoms with van der Waals surface area (Å²) in [6, 6.07) is 1.78. The van der Waals surface area contributed by atoms with E-state index in [0.29, 0.717) is 24.5 Å². The summed E-state index contributed by atoms with van der Waals surface area (Å²) in [7, 11) is 0. The van der Waals surface area contributed by atoms with Crippen LogP contribution in [0.25, 0.3) is 0 Å². The van der Waals surface area contributed by atoms with Gasteiger partial charge in [0.1, 0.15) is 5.82 Å². The lowest BCUT2D eigenvalue weighted by Gasteiger charge is -2.22. The van der Waals surface area contributed by atoms with E-state index in [9.17, 15) is 9.90 Å². The van der Waals surface area contributed by atoms with E-state index < -0.39 is 11.5 Å². The van der Waals surface area contributed by atoms with Crippen molar-refractivity contribution in [2.24, 2.45) is 11.7 Å². The summed E-state index contributed by atoms with van der Waals surface area (Å²) in [5.74, 6) is 0.224.